The molecule has 9 heteroatoms. The zero-order valence-electron chi connectivity index (χ0n) is 9.29. The van der Waals surface area contributed by atoms with Gasteiger partial charge in [0.2, 0.25) is 5.95 Å². The van der Waals surface area contributed by atoms with E-state index in [4.69, 9.17) is 11.6 Å². The predicted octanol–water partition coefficient (Wildman–Crippen LogP) is 2.47. The Morgan fingerprint density at radius 3 is 2.79 bits per heavy atom. The van der Waals surface area contributed by atoms with Gasteiger partial charge in [-0.3, -0.25) is 0 Å². The topological polar surface area (TPSA) is 87.7 Å². The number of fused-ring (bicyclic) bond motifs is 1. The minimum Gasteiger partial charge on any atom is -0.323 e. The first-order chi connectivity index (χ1) is 9.04. The number of anilines is 1. The number of aromatic amines is 1. The van der Waals surface area contributed by atoms with E-state index in [9.17, 15) is 8.42 Å². The number of hydrogen-bond acceptors (Lipinski definition) is 5. The first-order valence-electron chi connectivity index (χ1n) is 5.13. The van der Waals surface area contributed by atoms with Crippen molar-refractivity contribution < 1.29 is 8.42 Å². The van der Waals surface area contributed by atoms with Crippen LogP contribution in [0.25, 0.3) is 11.0 Å². The zero-order valence-corrected chi connectivity index (χ0v) is 11.7. The summed E-state index contributed by atoms with van der Waals surface area (Å²) in [5.74, 6) is 0.158. The molecule has 2 aromatic heterocycles. The molecular formula is C10H7ClN4O2S2. The van der Waals surface area contributed by atoms with E-state index in [-0.39, 0.29) is 14.6 Å². The first-order valence-corrected chi connectivity index (χ1v) is 7.81. The van der Waals surface area contributed by atoms with Crippen molar-refractivity contribution in [2.75, 3.05) is 4.72 Å². The van der Waals surface area contributed by atoms with Crippen LogP contribution in [0.15, 0.2) is 34.7 Å². The Morgan fingerprint density at radius 2 is 2.11 bits per heavy atom. The summed E-state index contributed by atoms with van der Waals surface area (Å²) in [5.41, 5.74) is 1.44. The fourth-order valence-corrected chi connectivity index (χ4v) is 3.80. The van der Waals surface area contributed by atoms with Crippen molar-refractivity contribution in [3.05, 3.63) is 34.9 Å². The highest BCUT2D eigenvalue weighted by Gasteiger charge is 2.19. The number of aromatic nitrogens is 3. The van der Waals surface area contributed by atoms with Gasteiger partial charge in [-0.2, -0.15) is 0 Å². The molecule has 0 unspecified atom stereocenters. The molecule has 3 aromatic rings. The molecule has 3 rings (SSSR count). The number of nitrogens with zero attached hydrogens (tertiary/aromatic N) is 2. The fourth-order valence-electron chi connectivity index (χ4n) is 1.54. The van der Waals surface area contributed by atoms with Gasteiger partial charge in [0.25, 0.3) is 10.0 Å². The Balaban J connectivity index is 1.96. The van der Waals surface area contributed by atoms with Crippen LogP contribution in [0.1, 0.15) is 0 Å². The SMILES string of the molecule is O=S(=O)(Nc1nc2ccccc2[nH]1)c1cnc(Cl)s1. The molecule has 0 atom stereocenters. The Morgan fingerprint density at radius 1 is 1.32 bits per heavy atom. The Labute approximate surface area is 117 Å². The largest absolute Gasteiger partial charge is 0.323 e. The number of benzene rings is 1. The van der Waals surface area contributed by atoms with Crippen molar-refractivity contribution >= 4 is 49.9 Å². The third kappa shape index (κ3) is 2.42. The first kappa shape index (κ1) is 12.4. The highest BCUT2D eigenvalue weighted by atomic mass is 35.5. The van der Waals surface area contributed by atoms with Gasteiger partial charge in [0.1, 0.15) is 0 Å². The molecule has 0 radical (unpaired) electrons. The molecule has 2 N–H and O–H groups in total. The van der Waals surface area contributed by atoms with Crippen molar-refractivity contribution in [1.29, 1.82) is 0 Å². The van der Waals surface area contributed by atoms with Gasteiger partial charge in [-0.25, -0.2) is 23.1 Å². The third-order valence-corrected chi connectivity index (χ3v) is 5.26. The van der Waals surface area contributed by atoms with E-state index < -0.39 is 10.0 Å². The summed E-state index contributed by atoms with van der Waals surface area (Å²) in [5, 5.41) is 0. The van der Waals surface area contributed by atoms with Gasteiger partial charge in [0, 0.05) is 0 Å². The van der Waals surface area contributed by atoms with Crippen LogP contribution in [-0.4, -0.2) is 23.4 Å². The summed E-state index contributed by atoms with van der Waals surface area (Å²) >= 11 is 6.51. The van der Waals surface area contributed by atoms with E-state index in [1.54, 1.807) is 6.07 Å². The highest BCUT2D eigenvalue weighted by Crippen LogP contribution is 2.24. The van der Waals surface area contributed by atoms with E-state index in [1.807, 2.05) is 18.2 Å². The summed E-state index contributed by atoms with van der Waals surface area (Å²) in [6, 6.07) is 7.25. The molecule has 98 valence electrons. The molecule has 6 nitrogen and oxygen atoms in total. The van der Waals surface area contributed by atoms with Crippen LogP contribution in [0.3, 0.4) is 0 Å². The van der Waals surface area contributed by atoms with Gasteiger partial charge in [0.05, 0.1) is 17.2 Å². The van der Waals surface area contributed by atoms with E-state index in [0.29, 0.717) is 5.52 Å². The Kier molecular flexibility index (Phi) is 2.92. The summed E-state index contributed by atoms with van der Waals surface area (Å²) in [6.07, 6.45) is 1.21. The number of sulfonamides is 1. The van der Waals surface area contributed by atoms with Gasteiger partial charge in [-0.05, 0) is 12.1 Å². The lowest BCUT2D eigenvalue weighted by Crippen LogP contribution is -2.12. The van der Waals surface area contributed by atoms with Gasteiger partial charge < -0.3 is 4.98 Å². The number of nitrogens with one attached hydrogen (secondary N) is 2. The monoisotopic (exact) mass is 314 g/mol. The van der Waals surface area contributed by atoms with Crippen LogP contribution in [0.2, 0.25) is 4.47 Å². The molecule has 0 saturated heterocycles. The van der Waals surface area contributed by atoms with E-state index in [2.05, 4.69) is 19.7 Å². The molecule has 0 aliphatic heterocycles. The second kappa shape index (κ2) is 4.48. The molecule has 0 amide bonds. The third-order valence-electron chi connectivity index (χ3n) is 2.34. The highest BCUT2D eigenvalue weighted by molar-refractivity contribution is 7.94. The van der Waals surface area contributed by atoms with Crippen molar-refractivity contribution in [2.45, 2.75) is 4.21 Å². The molecule has 1 aromatic carbocycles. The number of imidazole rings is 1. The zero-order chi connectivity index (χ0) is 13.5. The second-order valence-electron chi connectivity index (χ2n) is 3.64. The van der Waals surface area contributed by atoms with Crippen LogP contribution in [0, 0.1) is 0 Å². The Bertz CT molecular complexity index is 807. The lowest BCUT2D eigenvalue weighted by atomic mass is 10.3. The van der Waals surface area contributed by atoms with Gasteiger partial charge in [0.15, 0.2) is 8.68 Å². The van der Waals surface area contributed by atoms with Crippen LogP contribution in [0.4, 0.5) is 5.95 Å². The minimum absolute atomic E-state index is 0.0398. The Hall–Kier alpha value is -1.64. The van der Waals surface area contributed by atoms with E-state index in [0.717, 1.165) is 16.9 Å². The average molecular weight is 315 g/mol. The molecule has 2 heterocycles. The summed E-state index contributed by atoms with van der Waals surface area (Å²) in [7, 11) is -3.71. The van der Waals surface area contributed by atoms with E-state index in [1.165, 1.54) is 6.20 Å². The molecule has 0 spiro atoms. The fraction of sp³-hybridized carbons (Fsp3) is 0. The number of thiazole rings is 1. The molecule has 0 bridgehead atoms. The van der Waals surface area contributed by atoms with Crippen LogP contribution < -0.4 is 4.72 Å². The number of para-hydroxylation sites is 2. The predicted molar refractivity (Wildman–Crippen MR) is 74.0 cm³/mol. The summed E-state index contributed by atoms with van der Waals surface area (Å²) in [6.45, 7) is 0. The van der Waals surface area contributed by atoms with Gasteiger partial charge in [-0.15, -0.1) is 0 Å². The molecule has 0 aliphatic rings. The van der Waals surface area contributed by atoms with Crippen LogP contribution in [-0.2, 0) is 10.0 Å². The average Bonchev–Trinajstić information content (AvgIpc) is 2.94. The molecule has 0 saturated carbocycles. The van der Waals surface area contributed by atoms with E-state index >= 15 is 0 Å². The standard InChI is InChI=1S/C10H7ClN4O2S2/c11-9-12-5-8(18-9)19(16,17)15-10-13-6-3-1-2-4-7(6)14-10/h1-5H,(H2,13,14,15). The summed E-state index contributed by atoms with van der Waals surface area (Å²) < 4.78 is 26.6. The lowest BCUT2D eigenvalue weighted by molar-refractivity contribution is 0.602. The molecular weight excluding hydrogens is 308 g/mol. The number of H-pyrrole nitrogens is 1. The molecule has 19 heavy (non-hydrogen) atoms. The lowest BCUT2D eigenvalue weighted by Gasteiger charge is -2.00. The second-order valence-corrected chi connectivity index (χ2v) is 7.16. The minimum atomic E-state index is -3.71. The maximum Gasteiger partial charge on any atom is 0.275 e. The van der Waals surface area contributed by atoms with Gasteiger partial charge in [-0.1, -0.05) is 35.1 Å². The number of halogens is 1. The maximum absolute atomic E-state index is 12.0. The van der Waals surface area contributed by atoms with Crippen molar-refractivity contribution in [2.24, 2.45) is 0 Å². The smallest absolute Gasteiger partial charge is 0.275 e. The maximum atomic E-state index is 12.0. The normalized spacial score (nSPS) is 11.8. The molecule has 0 aliphatic carbocycles. The quantitative estimate of drug-likeness (QED) is 0.777. The van der Waals surface area contributed by atoms with Crippen molar-refractivity contribution in [3.63, 3.8) is 0 Å². The van der Waals surface area contributed by atoms with Crippen molar-refractivity contribution in [1.82, 2.24) is 15.0 Å². The molecule has 0 fully saturated rings. The number of rotatable bonds is 3. The number of hydrogen-bond donors (Lipinski definition) is 2. The van der Waals surface area contributed by atoms with Gasteiger partial charge >= 0.3 is 0 Å². The van der Waals surface area contributed by atoms with Crippen molar-refractivity contribution in [3.8, 4) is 0 Å². The van der Waals surface area contributed by atoms with Crippen LogP contribution in [0.5, 0.6) is 0 Å². The van der Waals surface area contributed by atoms with Crippen LogP contribution >= 0.6 is 22.9 Å². The summed E-state index contributed by atoms with van der Waals surface area (Å²) in [4.78, 5) is 10.7.